The number of rotatable bonds is 4. The van der Waals surface area contributed by atoms with Crippen LogP contribution >= 0.6 is 11.6 Å². The topological polar surface area (TPSA) is 55.1 Å². The summed E-state index contributed by atoms with van der Waals surface area (Å²) in [5.41, 5.74) is 1.15. The lowest BCUT2D eigenvalue weighted by Gasteiger charge is -2.27. The summed E-state index contributed by atoms with van der Waals surface area (Å²) in [7, 11) is 0. The van der Waals surface area contributed by atoms with E-state index in [0.717, 1.165) is 30.5 Å². The number of amides is 1. The van der Waals surface area contributed by atoms with Crippen LogP contribution in [0.5, 0.6) is 0 Å². The monoisotopic (exact) mass is 444 g/mol. The van der Waals surface area contributed by atoms with E-state index < -0.39 is 29.6 Å². The molecule has 1 N–H and O–H groups in total. The van der Waals surface area contributed by atoms with E-state index in [4.69, 9.17) is 16.1 Å². The summed E-state index contributed by atoms with van der Waals surface area (Å²) in [6.07, 6.45) is -3.55. The van der Waals surface area contributed by atoms with E-state index in [-0.39, 0.29) is 16.3 Å². The third-order valence-corrected chi connectivity index (χ3v) is 4.80. The fraction of sp³-hybridized carbons (Fsp3) is 0.412. The second kappa shape index (κ2) is 7.19. The van der Waals surface area contributed by atoms with Crippen LogP contribution in [-0.2, 0) is 17.6 Å². The second-order valence-electron chi connectivity index (χ2n) is 6.44. The molecule has 1 aliphatic rings. The largest absolute Gasteiger partial charge is 0.460 e. The van der Waals surface area contributed by atoms with Gasteiger partial charge in [-0.05, 0) is 43.9 Å². The molecule has 0 aliphatic heterocycles. The molecule has 0 bridgehead atoms. The molecular weight excluding hydrogens is 433 g/mol. The summed E-state index contributed by atoms with van der Waals surface area (Å²) < 4.78 is 95.3. The van der Waals surface area contributed by atoms with Gasteiger partial charge in [0.25, 0.3) is 0 Å². The molecule has 0 saturated carbocycles. The van der Waals surface area contributed by atoms with Crippen molar-refractivity contribution in [3.8, 4) is 11.3 Å². The highest BCUT2D eigenvalue weighted by atomic mass is 35.5. The molecule has 0 saturated heterocycles. The van der Waals surface area contributed by atoms with E-state index in [1.807, 2.05) is 0 Å². The minimum atomic E-state index is -6.63. The molecule has 1 heterocycles. The lowest BCUT2D eigenvalue weighted by Crippen LogP contribution is -2.57. The number of halogens is 8. The fourth-order valence-electron chi connectivity index (χ4n) is 2.90. The number of fused-ring (bicyclic) bond motifs is 1. The Hall–Kier alpha value is -2.30. The van der Waals surface area contributed by atoms with Crippen LogP contribution in [-0.4, -0.2) is 29.1 Å². The van der Waals surface area contributed by atoms with Crippen molar-refractivity contribution in [3.63, 3.8) is 0 Å². The quantitative estimate of drug-likeness (QED) is 0.620. The van der Waals surface area contributed by atoms with Crippen LogP contribution in [0.2, 0.25) is 5.02 Å². The number of anilines is 1. The maximum Gasteiger partial charge on any atom is 0.460 e. The number of carbonyl (C=O) groups excluding carboxylic acids is 1. The van der Waals surface area contributed by atoms with Crippen molar-refractivity contribution in [1.29, 1.82) is 0 Å². The minimum Gasteiger partial charge on any atom is -0.356 e. The number of hydrogen-bond donors (Lipinski definition) is 1. The van der Waals surface area contributed by atoms with Gasteiger partial charge in [0.2, 0.25) is 0 Å². The predicted molar refractivity (Wildman–Crippen MR) is 88.2 cm³/mol. The summed E-state index contributed by atoms with van der Waals surface area (Å²) >= 11 is 5.78. The van der Waals surface area contributed by atoms with Gasteiger partial charge in [-0.2, -0.15) is 30.7 Å². The molecule has 0 spiro atoms. The highest BCUT2D eigenvalue weighted by Gasteiger charge is 2.76. The third kappa shape index (κ3) is 3.67. The molecular formula is C17H12ClF7N2O2. The zero-order valence-corrected chi connectivity index (χ0v) is 15.1. The van der Waals surface area contributed by atoms with Crippen molar-refractivity contribution in [1.82, 2.24) is 5.16 Å². The fourth-order valence-corrected chi connectivity index (χ4v) is 3.07. The first kappa shape index (κ1) is 21.4. The van der Waals surface area contributed by atoms with Crippen LogP contribution in [0.1, 0.15) is 24.1 Å². The van der Waals surface area contributed by atoms with Gasteiger partial charge in [-0.3, -0.25) is 4.79 Å². The maximum atomic E-state index is 13.6. The minimum absolute atomic E-state index is 0.242. The van der Waals surface area contributed by atoms with Crippen LogP contribution in [0.15, 0.2) is 22.7 Å². The van der Waals surface area contributed by atoms with E-state index in [2.05, 4.69) is 5.16 Å². The van der Waals surface area contributed by atoms with Gasteiger partial charge in [0.15, 0.2) is 5.76 Å². The first-order chi connectivity index (χ1) is 13.4. The van der Waals surface area contributed by atoms with Gasteiger partial charge in [-0.1, -0.05) is 16.8 Å². The molecule has 0 unspecified atom stereocenters. The Morgan fingerprint density at radius 1 is 1.07 bits per heavy atom. The first-order valence-corrected chi connectivity index (χ1v) is 8.65. The Labute approximate surface area is 164 Å². The highest BCUT2D eigenvalue weighted by Crippen LogP contribution is 2.47. The molecule has 1 aliphatic carbocycles. The second-order valence-corrected chi connectivity index (χ2v) is 6.85. The van der Waals surface area contributed by atoms with Crippen LogP contribution in [0.25, 0.3) is 11.3 Å². The molecule has 1 amide bonds. The van der Waals surface area contributed by atoms with Crippen molar-refractivity contribution in [2.45, 2.75) is 43.7 Å². The number of alkyl halides is 7. The summed E-state index contributed by atoms with van der Waals surface area (Å²) in [4.78, 5) is 11.6. The number of carbonyl (C=O) groups is 1. The summed E-state index contributed by atoms with van der Waals surface area (Å²) in [5, 5.41) is 4.91. The lowest BCUT2D eigenvalue weighted by molar-refractivity contribution is -0.343. The standard InChI is InChI=1S/C17H12ClF7N2O2/c18-10-6-5-8(13-9-3-1-2-4-11(9)27-29-13)7-12(10)26-14(28)15(19,20)16(21,22)17(23,24)25/h5-7H,1-4H2,(H,26,28). The van der Waals surface area contributed by atoms with Crippen molar-refractivity contribution in [2.24, 2.45) is 0 Å². The predicted octanol–water partition coefficient (Wildman–Crippen LogP) is 5.65. The SMILES string of the molecule is O=C(Nc1cc(-c2onc3c2CCCC3)ccc1Cl)C(F)(F)C(F)(F)C(F)(F)F. The molecule has 4 nitrogen and oxygen atoms in total. The van der Waals surface area contributed by atoms with E-state index >= 15 is 0 Å². The van der Waals surface area contributed by atoms with Crippen molar-refractivity contribution < 1.29 is 40.1 Å². The van der Waals surface area contributed by atoms with Gasteiger partial charge >= 0.3 is 23.9 Å². The molecule has 1 aromatic heterocycles. The maximum absolute atomic E-state index is 13.6. The van der Waals surface area contributed by atoms with E-state index in [9.17, 15) is 35.5 Å². The number of nitrogens with zero attached hydrogens (tertiary/aromatic N) is 1. The van der Waals surface area contributed by atoms with Gasteiger partial charge in [0.1, 0.15) is 0 Å². The van der Waals surface area contributed by atoms with Gasteiger partial charge in [0, 0.05) is 11.1 Å². The third-order valence-electron chi connectivity index (χ3n) is 4.47. The Kier molecular flexibility index (Phi) is 5.31. The number of nitrogens with one attached hydrogen (secondary N) is 1. The first-order valence-electron chi connectivity index (χ1n) is 8.27. The van der Waals surface area contributed by atoms with Gasteiger partial charge in [0.05, 0.1) is 16.4 Å². The number of aryl methyl sites for hydroxylation is 1. The van der Waals surface area contributed by atoms with E-state index in [1.165, 1.54) is 11.4 Å². The summed E-state index contributed by atoms with van der Waals surface area (Å²) in [6, 6.07) is 3.61. The summed E-state index contributed by atoms with van der Waals surface area (Å²) in [6.45, 7) is 0. The van der Waals surface area contributed by atoms with E-state index in [0.29, 0.717) is 18.5 Å². The van der Waals surface area contributed by atoms with Crippen LogP contribution in [0.3, 0.4) is 0 Å². The Morgan fingerprint density at radius 3 is 2.38 bits per heavy atom. The van der Waals surface area contributed by atoms with Crippen molar-refractivity contribution in [2.75, 3.05) is 5.32 Å². The normalized spacial score (nSPS) is 15.2. The molecule has 3 rings (SSSR count). The number of benzene rings is 1. The highest BCUT2D eigenvalue weighted by molar-refractivity contribution is 6.34. The average molecular weight is 445 g/mol. The molecule has 0 radical (unpaired) electrons. The van der Waals surface area contributed by atoms with Crippen molar-refractivity contribution >= 4 is 23.2 Å². The molecule has 12 heteroatoms. The van der Waals surface area contributed by atoms with E-state index in [1.54, 1.807) is 0 Å². The molecule has 158 valence electrons. The molecule has 1 aromatic carbocycles. The molecule has 29 heavy (non-hydrogen) atoms. The Morgan fingerprint density at radius 2 is 1.72 bits per heavy atom. The molecule has 0 fully saturated rings. The Bertz CT molecular complexity index is 940. The van der Waals surface area contributed by atoms with Gasteiger partial charge < -0.3 is 9.84 Å². The smallest absolute Gasteiger partial charge is 0.356 e. The van der Waals surface area contributed by atoms with Gasteiger partial charge in [-0.25, -0.2) is 0 Å². The molecule has 0 atom stereocenters. The summed E-state index contributed by atoms with van der Waals surface area (Å²) in [5.74, 6) is -15.2. The van der Waals surface area contributed by atoms with Crippen LogP contribution in [0, 0.1) is 0 Å². The van der Waals surface area contributed by atoms with Crippen molar-refractivity contribution in [3.05, 3.63) is 34.5 Å². The van der Waals surface area contributed by atoms with Crippen LogP contribution in [0.4, 0.5) is 36.4 Å². The zero-order chi connectivity index (χ0) is 21.6. The molecule has 2 aromatic rings. The average Bonchev–Trinajstić information content (AvgIpc) is 3.06. The lowest BCUT2D eigenvalue weighted by atomic mass is 9.94. The zero-order valence-electron chi connectivity index (χ0n) is 14.3. The number of hydrogen-bond acceptors (Lipinski definition) is 3. The van der Waals surface area contributed by atoms with Gasteiger partial charge in [-0.15, -0.1) is 0 Å². The Balaban J connectivity index is 1.92. The van der Waals surface area contributed by atoms with Crippen LogP contribution < -0.4 is 5.32 Å². The number of aromatic nitrogens is 1.